The second-order valence-electron chi connectivity index (χ2n) is 3.67. The summed E-state index contributed by atoms with van der Waals surface area (Å²) in [4.78, 5) is 24.0. The van der Waals surface area contributed by atoms with Gasteiger partial charge in [0.2, 0.25) is 5.91 Å². The van der Waals surface area contributed by atoms with Crippen molar-refractivity contribution in [2.45, 2.75) is 21.3 Å². The molecular formula is C9H5F3N4O3S3. The topological polar surface area (TPSA) is 119 Å². The Bertz CT molecular complexity index is 727. The first-order valence-electron chi connectivity index (χ1n) is 5.26. The number of aromatic nitrogens is 3. The number of carbonyl (C=O) groups is 2. The summed E-state index contributed by atoms with van der Waals surface area (Å²) in [5.41, 5.74) is 3.53. The van der Waals surface area contributed by atoms with Gasteiger partial charge in [-0.25, -0.2) is 9.78 Å². The van der Waals surface area contributed by atoms with E-state index < -0.39 is 28.6 Å². The third kappa shape index (κ3) is 3.92. The number of hydrogen-bond donors (Lipinski definition) is 2. The smallest absolute Gasteiger partial charge is 0.435 e. The van der Waals surface area contributed by atoms with Crippen molar-refractivity contribution in [3.63, 3.8) is 0 Å². The van der Waals surface area contributed by atoms with Crippen LogP contribution in [0.1, 0.15) is 20.4 Å². The lowest BCUT2D eigenvalue weighted by atomic mass is 10.3. The van der Waals surface area contributed by atoms with Crippen LogP contribution in [0.4, 0.5) is 13.2 Å². The second kappa shape index (κ2) is 6.18. The molecule has 0 saturated carbocycles. The molecule has 22 heavy (non-hydrogen) atoms. The lowest BCUT2D eigenvalue weighted by Gasteiger charge is -2.02. The highest BCUT2D eigenvalue weighted by Gasteiger charge is 2.40. The Morgan fingerprint density at radius 1 is 1.23 bits per heavy atom. The Hall–Kier alpha value is -1.73. The number of halogens is 3. The largest absolute Gasteiger partial charge is 0.477 e. The van der Waals surface area contributed by atoms with Crippen LogP contribution in [-0.4, -0.2) is 32.2 Å². The minimum atomic E-state index is -4.86. The maximum atomic E-state index is 12.7. The van der Waals surface area contributed by atoms with Crippen molar-refractivity contribution in [1.82, 2.24) is 15.2 Å². The van der Waals surface area contributed by atoms with E-state index >= 15 is 0 Å². The highest BCUT2D eigenvalue weighted by molar-refractivity contribution is 8.02. The third-order valence-electron chi connectivity index (χ3n) is 2.02. The first-order chi connectivity index (χ1) is 10.2. The van der Waals surface area contributed by atoms with Crippen molar-refractivity contribution >= 4 is 46.3 Å². The van der Waals surface area contributed by atoms with E-state index in [9.17, 15) is 22.8 Å². The Kier molecular flexibility index (Phi) is 4.67. The van der Waals surface area contributed by atoms with Crippen molar-refractivity contribution in [3.05, 3.63) is 15.6 Å². The fourth-order valence-electron chi connectivity index (χ4n) is 1.26. The van der Waals surface area contributed by atoms with E-state index in [-0.39, 0.29) is 15.1 Å². The molecule has 0 unspecified atom stereocenters. The van der Waals surface area contributed by atoms with Gasteiger partial charge in [-0.1, -0.05) is 22.7 Å². The number of hydrogen-bond acceptors (Lipinski definition) is 8. The number of aromatic carboxylic acids is 1. The van der Waals surface area contributed by atoms with E-state index in [0.717, 1.165) is 23.1 Å². The zero-order valence-corrected chi connectivity index (χ0v) is 12.7. The van der Waals surface area contributed by atoms with Crippen molar-refractivity contribution in [2.24, 2.45) is 5.73 Å². The quantitative estimate of drug-likeness (QED) is 0.825. The first kappa shape index (κ1) is 16.6. The molecule has 2 aromatic rings. The Labute approximate surface area is 132 Å². The Morgan fingerprint density at radius 2 is 1.91 bits per heavy atom. The number of carboxylic acids is 1. The minimum absolute atomic E-state index is 0.133. The Morgan fingerprint density at radius 3 is 2.41 bits per heavy atom. The summed E-state index contributed by atoms with van der Waals surface area (Å²) >= 11 is 2.10. The maximum absolute atomic E-state index is 12.7. The molecule has 0 aliphatic rings. The Balaban J connectivity index is 2.25. The van der Waals surface area contributed by atoms with Crippen molar-refractivity contribution < 1.29 is 27.9 Å². The van der Waals surface area contributed by atoms with Gasteiger partial charge in [-0.2, -0.15) is 13.2 Å². The van der Waals surface area contributed by atoms with Crippen LogP contribution in [0.2, 0.25) is 0 Å². The van der Waals surface area contributed by atoms with Gasteiger partial charge in [0.1, 0.15) is 9.88 Å². The summed E-state index contributed by atoms with van der Waals surface area (Å²) in [6, 6.07) is 0. The molecule has 0 bridgehead atoms. The molecular weight excluding hydrogens is 365 g/mol. The zero-order chi connectivity index (χ0) is 16.5. The average molecular weight is 370 g/mol. The third-order valence-corrected chi connectivity index (χ3v) is 5.10. The van der Waals surface area contributed by atoms with Crippen LogP contribution in [0.3, 0.4) is 0 Å². The van der Waals surface area contributed by atoms with Crippen LogP contribution in [0, 0.1) is 0 Å². The molecule has 2 heterocycles. The summed E-state index contributed by atoms with van der Waals surface area (Å²) in [5, 5.41) is 16.4. The number of thiazole rings is 1. The number of carboxylic acid groups (broad SMARTS) is 1. The average Bonchev–Trinajstić information content (AvgIpc) is 2.95. The van der Waals surface area contributed by atoms with Gasteiger partial charge in [0.05, 0.1) is 6.42 Å². The van der Waals surface area contributed by atoms with Gasteiger partial charge >= 0.3 is 12.1 Å². The van der Waals surface area contributed by atoms with Crippen LogP contribution in [0.15, 0.2) is 8.68 Å². The molecule has 3 N–H and O–H groups in total. The number of carbonyl (C=O) groups excluding carboxylic acids is 1. The van der Waals surface area contributed by atoms with E-state index in [1.54, 1.807) is 0 Å². The lowest BCUT2D eigenvalue weighted by molar-refractivity contribution is -0.141. The lowest BCUT2D eigenvalue weighted by Crippen LogP contribution is -2.13. The minimum Gasteiger partial charge on any atom is -0.477 e. The number of nitrogens with zero attached hydrogens (tertiary/aromatic N) is 3. The number of rotatable bonds is 5. The van der Waals surface area contributed by atoms with E-state index in [1.165, 1.54) is 0 Å². The van der Waals surface area contributed by atoms with E-state index in [2.05, 4.69) is 15.2 Å². The molecule has 0 fully saturated rings. The van der Waals surface area contributed by atoms with Crippen LogP contribution in [0.5, 0.6) is 0 Å². The summed E-state index contributed by atoms with van der Waals surface area (Å²) < 4.78 is 38.2. The fraction of sp³-hybridized carbons (Fsp3) is 0.222. The van der Waals surface area contributed by atoms with Gasteiger partial charge in [0.25, 0.3) is 0 Å². The molecule has 1 amide bonds. The van der Waals surface area contributed by atoms with Crippen LogP contribution in [0.25, 0.3) is 0 Å². The molecule has 0 radical (unpaired) electrons. The van der Waals surface area contributed by atoms with Crippen molar-refractivity contribution in [3.8, 4) is 0 Å². The van der Waals surface area contributed by atoms with Gasteiger partial charge in [-0.3, -0.25) is 4.79 Å². The molecule has 0 aliphatic heterocycles. The normalized spacial score (nSPS) is 11.6. The molecule has 0 saturated heterocycles. The molecule has 2 aromatic heterocycles. The van der Waals surface area contributed by atoms with Gasteiger partial charge in [0, 0.05) is 0 Å². The number of nitrogens with two attached hydrogens (primary N) is 1. The van der Waals surface area contributed by atoms with Crippen molar-refractivity contribution in [2.75, 3.05) is 0 Å². The highest BCUT2D eigenvalue weighted by atomic mass is 32.2. The monoisotopic (exact) mass is 370 g/mol. The molecule has 13 heteroatoms. The SMILES string of the molecule is NC(=O)Cc1nnc(Sc2nc(C(F)(F)F)c(C(=O)O)s2)s1. The van der Waals surface area contributed by atoms with Crippen LogP contribution < -0.4 is 5.73 Å². The van der Waals surface area contributed by atoms with Gasteiger partial charge in [0.15, 0.2) is 14.4 Å². The summed E-state index contributed by atoms with van der Waals surface area (Å²) in [6.07, 6.45) is -4.99. The number of amides is 1. The van der Waals surface area contributed by atoms with Crippen molar-refractivity contribution in [1.29, 1.82) is 0 Å². The predicted molar refractivity (Wildman–Crippen MR) is 71.0 cm³/mol. The highest BCUT2D eigenvalue weighted by Crippen LogP contribution is 2.40. The van der Waals surface area contributed by atoms with Crippen LogP contribution in [-0.2, 0) is 17.4 Å². The first-order valence-corrected chi connectivity index (χ1v) is 7.71. The van der Waals surface area contributed by atoms with E-state index in [1.807, 2.05) is 0 Å². The van der Waals surface area contributed by atoms with E-state index in [4.69, 9.17) is 10.8 Å². The molecule has 118 valence electrons. The number of primary amides is 1. The molecule has 2 rings (SSSR count). The summed E-state index contributed by atoms with van der Waals surface area (Å²) in [7, 11) is 0. The van der Waals surface area contributed by atoms with E-state index in [0.29, 0.717) is 16.3 Å². The molecule has 0 atom stereocenters. The van der Waals surface area contributed by atoms with Crippen LogP contribution >= 0.6 is 34.4 Å². The van der Waals surface area contributed by atoms with Gasteiger partial charge in [-0.05, 0) is 11.8 Å². The molecule has 0 spiro atoms. The molecule has 0 aliphatic carbocycles. The number of alkyl halides is 3. The standard InChI is InChI=1S/C9H5F3N4O3S3/c10-9(11,12)5-4(6(18)19)21-7(14-5)22-8-16-15-3(20-8)1-2(13)17/h1H2,(H2,13,17)(H,18,19). The van der Waals surface area contributed by atoms with Gasteiger partial charge < -0.3 is 10.8 Å². The van der Waals surface area contributed by atoms with Gasteiger partial charge in [-0.15, -0.1) is 10.2 Å². The molecule has 0 aromatic carbocycles. The fourth-order valence-corrected chi connectivity index (χ4v) is 4.36. The predicted octanol–water partition coefficient (Wildman–Crippen LogP) is 1.89. The summed E-state index contributed by atoms with van der Waals surface area (Å²) in [5.74, 6) is -2.32. The maximum Gasteiger partial charge on any atom is 0.435 e. The zero-order valence-electron chi connectivity index (χ0n) is 10.2. The second-order valence-corrected chi connectivity index (χ2v) is 7.22. The summed E-state index contributed by atoms with van der Waals surface area (Å²) in [6.45, 7) is 0. The molecule has 7 nitrogen and oxygen atoms in total.